The van der Waals surface area contributed by atoms with Crippen molar-refractivity contribution in [3.63, 3.8) is 0 Å². The first-order valence-corrected chi connectivity index (χ1v) is 11.4. The Labute approximate surface area is 190 Å². The summed E-state index contributed by atoms with van der Waals surface area (Å²) in [6.45, 7) is 0. The van der Waals surface area contributed by atoms with E-state index in [9.17, 15) is 0 Å². The summed E-state index contributed by atoms with van der Waals surface area (Å²) in [5.41, 5.74) is 5.42. The average molecular weight is 517 g/mol. The number of hydrogen-bond donors (Lipinski definition) is 0. The van der Waals surface area contributed by atoms with Crippen LogP contribution < -0.4 is 0 Å². The molecule has 0 amide bonds. The molecule has 1 aliphatic rings. The van der Waals surface area contributed by atoms with Gasteiger partial charge in [-0.2, -0.15) is 0 Å². The molecule has 0 atom stereocenters. The van der Waals surface area contributed by atoms with Gasteiger partial charge in [0, 0.05) is 16.7 Å². The maximum atomic E-state index is 5.21. The second-order valence-electron chi connectivity index (χ2n) is 7.51. The number of hydrogen-bond acceptors (Lipinski definition) is 3. The number of halogens is 2. The summed E-state index contributed by atoms with van der Waals surface area (Å²) < 4.78 is 1.34. The monoisotopic (exact) mass is 515 g/mol. The molecule has 0 spiro atoms. The van der Waals surface area contributed by atoms with Crippen LogP contribution in [-0.4, -0.2) is 15.7 Å². The van der Waals surface area contributed by atoms with Gasteiger partial charge in [0.1, 0.15) is 10.1 Å². The SMILES string of the molecule is Brc1nc(Br)c2ccc3c(c2n1)N=C(c1c2ccccc2cc2ccccc12)CC3. The van der Waals surface area contributed by atoms with Gasteiger partial charge in [0.25, 0.3) is 0 Å². The molecule has 0 unspecified atom stereocenters. The van der Waals surface area contributed by atoms with Crippen LogP contribution >= 0.6 is 31.9 Å². The fraction of sp³-hybridized carbons (Fsp3) is 0.0800. The quantitative estimate of drug-likeness (QED) is 0.131. The molecule has 5 heteroatoms. The molecule has 3 nitrogen and oxygen atoms in total. The van der Waals surface area contributed by atoms with Crippen molar-refractivity contribution in [2.45, 2.75) is 12.8 Å². The Bertz CT molecular complexity index is 1470. The standard InChI is InChI=1S/C25H15Br2N3/c26-24-19-11-9-14-10-12-20(28-22(14)23(19)29-25(27)30-24)21-17-7-3-1-5-15(17)13-16-6-2-4-8-18(16)21/h1-9,11,13H,10,12H2. The van der Waals surface area contributed by atoms with E-state index < -0.39 is 0 Å². The fourth-order valence-corrected chi connectivity index (χ4v) is 5.52. The minimum atomic E-state index is 0.563. The Kier molecular flexibility index (Phi) is 4.22. The maximum absolute atomic E-state index is 5.21. The van der Waals surface area contributed by atoms with Gasteiger partial charge in [0.05, 0.1) is 5.69 Å². The van der Waals surface area contributed by atoms with Crippen molar-refractivity contribution in [2.24, 2.45) is 4.99 Å². The molecule has 0 aliphatic carbocycles. The highest BCUT2D eigenvalue weighted by molar-refractivity contribution is 9.11. The summed E-state index contributed by atoms with van der Waals surface area (Å²) in [4.78, 5) is 14.3. The van der Waals surface area contributed by atoms with E-state index >= 15 is 0 Å². The van der Waals surface area contributed by atoms with Gasteiger partial charge in [-0.3, -0.25) is 4.99 Å². The molecule has 6 rings (SSSR count). The zero-order chi connectivity index (χ0) is 20.2. The van der Waals surface area contributed by atoms with Crippen molar-refractivity contribution in [3.05, 3.63) is 87.2 Å². The summed E-state index contributed by atoms with van der Waals surface area (Å²) in [6, 6.07) is 23.7. The van der Waals surface area contributed by atoms with Crippen LogP contribution in [0.4, 0.5) is 5.69 Å². The minimum absolute atomic E-state index is 0.563. The lowest BCUT2D eigenvalue weighted by molar-refractivity contribution is 1.01. The number of rotatable bonds is 1. The molecule has 1 aromatic heterocycles. The second kappa shape index (κ2) is 6.96. The molecule has 0 saturated heterocycles. The Hall–Kier alpha value is -2.63. The molecular weight excluding hydrogens is 502 g/mol. The number of benzene rings is 4. The van der Waals surface area contributed by atoms with Gasteiger partial charge in [-0.1, -0.05) is 54.6 Å². The number of fused-ring (bicyclic) bond motifs is 5. The van der Waals surface area contributed by atoms with Crippen LogP contribution in [0.5, 0.6) is 0 Å². The first-order chi connectivity index (χ1) is 14.7. The zero-order valence-corrected chi connectivity index (χ0v) is 19.0. The molecule has 0 radical (unpaired) electrons. The van der Waals surface area contributed by atoms with Gasteiger partial charge in [-0.25, -0.2) is 9.97 Å². The van der Waals surface area contributed by atoms with Crippen molar-refractivity contribution in [1.29, 1.82) is 0 Å². The minimum Gasteiger partial charge on any atom is -0.250 e. The highest BCUT2D eigenvalue weighted by atomic mass is 79.9. The van der Waals surface area contributed by atoms with Crippen LogP contribution in [0.2, 0.25) is 0 Å². The number of aryl methyl sites for hydroxylation is 1. The van der Waals surface area contributed by atoms with Crippen molar-refractivity contribution in [2.75, 3.05) is 0 Å². The van der Waals surface area contributed by atoms with E-state index in [0.717, 1.165) is 39.7 Å². The molecule has 2 heterocycles. The predicted molar refractivity (Wildman–Crippen MR) is 131 cm³/mol. The van der Waals surface area contributed by atoms with E-state index in [1.807, 2.05) is 0 Å². The van der Waals surface area contributed by atoms with Crippen LogP contribution in [0.3, 0.4) is 0 Å². The number of aromatic nitrogens is 2. The number of aliphatic imine (C=N–C) groups is 1. The molecule has 0 N–H and O–H groups in total. The van der Waals surface area contributed by atoms with Crippen molar-refractivity contribution in [3.8, 4) is 0 Å². The highest BCUT2D eigenvalue weighted by Crippen LogP contribution is 2.39. The molecule has 4 aromatic carbocycles. The predicted octanol–water partition coefficient (Wildman–Crippen LogP) is 7.53. The first-order valence-electron chi connectivity index (χ1n) is 9.82. The van der Waals surface area contributed by atoms with Gasteiger partial charge in [-0.15, -0.1) is 0 Å². The molecule has 0 bridgehead atoms. The molecular formula is C25H15Br2N3. The van der Waals surface area contributed by atoms with Gasteiger partial charge < -0.3 is 0 Å². The highest BCUT2D eigenvalue weighted by Gasteiger charge is 2.21. The van der Waals surface area contributed by atoms with Crippen molar-refractivity contribution < 1.29 is 0 Å². The third-order valence-electron chi connectivity index (χ3n) is 5.79. The summed E-state index contributed by atoms with van der Waals surface area (Å²) in [5, 5.41) is 5.95. The molecule has 1 aliphatic heterocycles. The van der Waals surface area contributed by atoms with E-state index in [-0.39, 0.29) is 0 Å². The van der Waals surface area contributed by atoms with Gasteiger partial charge in [0.15, 0.2) is 4.73 Å². The van der Waals surface area contributed by atoms with Crippen LogP contribution in [0.1, 0.15) is 17.5 Å². The van der Waals surface area contributed by atoms with Crippen molar-refractivity contribution >= 4 is 75.7 Å². The number of nitrogens with zero attached hydrogens (tertiary/aromatic N) is 3. The summed E-state index contributed by atoms with van der Waals surface area (Å²) in [7, 11) is 0. The lowest BCUT2D eigenvalue weighted by atomic mass is 9.89. The Morgan fingerprint density at radius 2 is 1.40 bits per heavy atom. The van der Waals surface area contributed by atoms with E-state index in [1.165, 1.54) is 32.7 Å². The van der Waals surface area contributed by atoms with E-state index in [2.05, 4.69) is 109 Å². The summed E-state index contributed by atoms with van der Waals surface area (Å²) in [6.07, 6.45) is 1.85. The smallest absolute Gasteiger partial charge is 0.198 e. The maximum Gasteiger partial charge on any atom is 0.198 e. The lowest BCUT2D eigenvalue weighted by Crippen LogP contribution is -2.09. The first kappa shape index (κ1) is 18.2. The molecule has 144 valence electrons. The fourth-order valence-electron chi connectivity index (χ4n) is 4.44. The third-order valence-corrected chi connectivity index (χ3v) is 6.75. The van der Waals surface area contributed by atoms with Gasteiger partial charge in [-0.05, 0) is 83.9 Å². The van der Waals surface area contributed by atoms with E-state index in [4.69, 9.17) is 4.99 Å². The summed E-state index contributed by atoms with van der Waals surface area (Å²) >= 11 is 7.01. The lowest BCUT2D eigenvalue weighted by Gasteiger charge is -2.20. The zero-order valence-electron chi connectivity index (χ0n) is 15.9. The van der Waals surface area contributed by atoms with Crippen LogP contribution in [-0.2, 0) is 6.42 Å². The summed E-state index contributed by atoms with van der Waals surface area (Å²) in [5.74, 6) is 0. The topological polar surface area (TPSA) is 38.1 Å². The molecule has 5 aromatic rings. The average Bonchev–Trinajstić information content (AvgIpc) is 2.77. The van der Waals surface area contributed by atoms with E-state index in [0.29, 0.717) is 4.73 Å². The van der Waals surface area contributed by atoms with Crippen LogP contribution in [0.25, 0.3) is 32.4 Å². The van der Waals surface area contributed by atoms with Crippen molar-refractivity contribution in [1.82, 2.24) is 9.97 Å². The Morgan fingerprint density at radius 3 is 2.13 bits per heavy atom. The Morgan fingerprint density at radius 1 is 0.700 bits per heavy atom. The van der Waals surface area contributed by atoms with Gasteiger partial charge in [0.2, 0.25) is 0 Å². The third kappa shape index (κ3) is 2.80. The largest absolute Gasteiger partial charge is 0.250 e. The van der Waals surface area contributed by atoms with Crippen LogP contribution in [0, 0.1) is 0 Å². The van der Waals surface area contributed by atoms with Crippen LogP contribution in [0.15, 0.2) is 81.1 Å². The van der Waals surface area contributed by atoms with Gasteiger partial charge >= 0.3 is 0 Å². The molecule has 30 heavy (non-hydrogen) atoms. The molecule has 0 saturated carbocycles. The Balaban J connectivity index is 1.70. The normalized spacial score (nSPS) is 13.6. The second-order valence-corrected chi connectivity index (χ2v) is 8.97. The van der Waals surface area contributed by atoms with E-state index in [1.54, 1.807) is 0 Å². The molecule has 0 fully saturated rings.